The molecule has 2 saturated heterocycles. The smallest absolute Gasteiger partial charge is 0.264 e. The normalized spacial score (nSPS) is 22.9. The maximum atomic E-state index is 12.8. The van der Waals surface area contributed by atoms with Crippen LogP contribution in [0.5, 0.6) is 0 Å². The van der Waals surface area contributed by atoms with Crippen LogP contribution < -0.4 is 10.9 Å². The minimum atomic E-state index is -0.245. The lowest BCUT2D eigenvalue weighted by atomic mass is 10.0. The predicted octanol–water partition coefficient (Wildman–Crippen LogP) is 1.34. The molecule has 2 N–H and O–H groups in total. The van der Waals surface area contributed by atoms with Gasteiger partial charge in [0.2, 0.25) is 5.91 Å². The fourth-order valence-corrected chi connectivity index (χ4v) is 4.51. The molecule has 2 amide bonds. The molecule has 2 fully saturated rings. The predicted molar refractivity (Wildman–Crippen MR) is 103 cm³/mol. The van der Waals surface area contributed by atoms with Gasteiger partial charge in [0.1, 0.15) is 6.04 Å². The van der Waals surface area contributed by atoms with E-state index < -0.39 is 0 Å². The van der Waals surface area contributed by atoms with E-state index in [4.69, 9.17) is 0 Å². The Kier molecular flexibility index (Phi) is 5.20. The van der Waals surface area contributed by atoms with Crippen LogP contribution in [0.3, 0.4) is 0 Å². The molecule has 4 rings (SSSR count). The van der Waals surface area contributed by atoms with Crippen LogP contribution in [-0.4, -0.2) is 58.8 Å². The number of thiophene rings is 1. The number of nitrogens with one attached hydrogen (secondary N) is 2. The second-order valence-electron chi connectivity index (χ2n) is 6.96. The van der Waals surface area contributed by atoms with Crippen molar-refractivity contribution >= 4 is 23.2 Å². The number of carbonyl (C=O) groups excluding carboxylic acids is 2. The van der Waals surface area contributed by atoms with Crippen LogP contribution in [0.2, 0.25) is 0 Å². The number of rotatable bonds is 3. The number of hydrazine groups is 1. The van der Waals surface area contributed by atoms with Crippen molar-refractivity contribution in [3.05, 3.63) is 52.0 Å². The number of aromatic nitrogens is 1. The first kappa shape index (κ1) is 18.1. The van der Waals surface area contributed by atoms with Crippen molar-refractivity contribution in [2.45, 2.75) is 25.4 Å². The summed E-state index contributed by atoms with van der Waals surface area (Å²) in [5.41, 5.74) is 8.47. The number of aryl methyl sites for hydroxylation is 1. The van der Waals surface area contributed by atoms with E-state index >= 15 is 0 Å². The Morgan fingerprint density at radius 3 is 2.44 bits per heavy atom. The Labute approximate surface area is 162 Å². The molecule has 0 spiro atoms. The molecule has 7 nitrogen and oxygen atoms in total. The molecule has 27 heavy (non-hydrogen) atoms. The molecule has 142 valence electrons. The Morgan fingerprint density at radius 2 is 1.78 bits per heavy atom. The highest BCUT2D eigenvalue weighted by Gasteiger charge is 2.34. The van der Waals surface area contributed by atoms with Gasteiger partial charge in [0.25, 0.3) is 5.91 Å². The molecule has 2 aromatic rings. The Balaban J connectivity index is 1.31. The molecule has 0 aliphatic carbocycles. The average Bonchev–Trinajstić information content (AvgIpc) is 3.37. The van der Waals surface area contributed by atoms with Crippen molar-refractivity contribution in [2.24, 2.45) is 0 Å². The van der Waals surface area contributed by atoms with Crippen LogP contribution in [0.15, 0.2) is 36.0 Å². The van der Waals surface area contributed by atoms with Crippen LogP contribution in [0.1, 0.15) is 33.3 Å². The van der Waals surface area contributed by atoms with E-state index in [1.54, 1.807) is 12.4 Å². The van der Waals surface area contributed by atoms with Gasteiger partial charge in [0.05, 0.1) is 4.88 Å². The van der Waals surface area contributed by atoms with Gasteiger partial charge in [0.15, 0.2) is 0 Å². The second kappa shape index (κ2) is 7.75. The number of piperazine rings is 1. The standard InChI is InChI=1S/C19H23N5O2S/c1-13-4-11-27-17(13)19(26)24-9-7-23(8-10-24)18(25)16-12-15(21-22-16)14-2-5-20-6-3-14/h2-6,11,15-16,21-22H,7-10,12H2,1H3. The first-order valence-corrected chi connectivity index (χ1v) is 10.0. The average molecular weight is 385 g/mol. The van der Waals surface area contributed by atoms with E-state index in [-0.39, 0.29) is 23.9 Å². The zero-order valence-corrected chi connectivity index (χ0v) is 16.0. The monoisotopic (exact) mass is 385 g/mol. The van der Waals surface area contributed by atoms with Crippen LogP contribution >= 0.6 is 11.3 Å². The molecule has 4 heterocycles. The molecule has 2 aromatic heterocycles. The fourth-order valence-electron chi connectivity index (χ4n) is 3.62. The van der Waals surface area contributed by atoms with Gasteiger partial charge in [0, 0.05) is 44.6 Å². The third-order valence-electron chi connectivity index (χ3n) is 5.24. The molecule has 0 radical (unpaired) electrons. The lowest BCUT2D eigenvalue weighted by Crippen LogP contribution is -2.54. The number of hydrogen-bond acceptors (Lipinski definition) is 6. The van der Waals surface area contributed by atoms with Crippen molar-refractivity contribution < 1.29 is 9.59 Å². The van der Waals surface area contributed by atoms with Crippen LogP contribution in [0, 0.1) is 6.92 Å². The van der Waals surface area contributed by atoms with Gasteiger partial charge in [-0.2, -0.15) is 0 Å². The summed E-state index contributed by atoms with van der Waals surface area (Å²) in [4.78, 5) is 34.0. The molecule has 8 heteroatoms. The van der Waals surface area contributed by atoms with E-state index in [0.29, 0.717) is 32.6 Å². The van der Waals surface area contributed by atoms with Crippen LogP contribution in [-0.2, 0) is 4.79 Å². The molecule has 0 aromatic carbocycles. The Bertz CT molecular complexity index is 817. The van der Waals surface area contributed by atoms with E-state index in [0.717, 1.165) is 16.0 Å². The molecular formula is C19H23N5O2S. The van der Waals surface area contributed by atoms with Crippen LogP contribution in [0.25, 0.3) is 0 Å². The van der Waals surface area contributed by atoms with E-state index in [2.05, 4.69) is 15.8 Å². The van der Waals surface area contributed by atoms with Crippen molar-refractivity contribution in [1.82, 2.24) is 25.6 Å². The number of nitrogens with zero attached hydrogens (tertiary/aromatic N) is 3. The lowest BCUT2D eigenvalue weighted by molar-refractivity contribution is -0.134. The molecule has 0 saturated carbocycles. The Hall–Kier alpha value is -2.29. The fraction of sp³-hybridized carbons (Fsp3) is 0.421. The summed E-state index contributed by atoms with van der Waals surface area (Å²) in [5.74, 6) is 0.173. The van der Waals surface area contributed by atoms with E-state index in [1.165, 1.54) is 11.3 Å². The van der Waals surface area contributed by atoms with E-state index in [9.17, 15) is 9.59 Å². The molecular weight excluding hydrogens is 362 g/mol. The maximum Gasteiger partial charge on any atom is 0.264 e. The molecule has 2 aliphatic heterocycles. The molecule has 2 atom stereocenters. The van der Waals surface area contributed by atoms with Crippen molar-refractivity contribution in [2.75, 3.05) is 26.2 Å². The zero-order chi connectivity index (χ0) is 18.8. The summed E-state index contributed by atoms with van der Waals surface area (Å²) >= 11 is 1.48. The molecule has 0 bridgehead atoms. The number of carbonyl (C=O) groups is 2. The summed E-state index contributed by atoms with van der Waals surface area (Å²) < 4.78 is 0. The van der Waals surface area contributed by atoms with Crippen molar-refractivity contribution in [1.29, 1.82) is 0 Å². The second-order valence-corrected chi connectivity index (χ2v) is 7.88. The van der Waals surface area contributed by atoms with Crippen molar-refractivity contribution in [3.8, 4) is 0 Å². The summed E-state index contributed by atoms with van der Waals surface area (Å²) in [5, 5.41) is 1.94. The highest BCUT2D eigenvalue weighted by Crippen LogP contribution is 2.23. The van der Waals surface area contributed by atoms with Gasteiger partial charge in [-0.15, -0.1) is 11.3 Å². The topological polar surface area (TPSA) is 77.6 Å². The van der Waals surface area contributed by atoms with E-state index in [1.807, 2.05) is 40.3 Å². The summed E-state index contributed by atoms with van der Waals surface area (Å²) in [6.45, 7) is 4.27. The third-order valence-corrected chi connectivity index (χ3v) is 6.25. The van der Waals surface area contributed by atoms with Gasteiger partial charge >= 0.3 is 0 Å². The summed E-state index contributed by atoms with van der Waals surface area (Å²) in [7, 11) is 0. The SMILES string of the molecule is Cc1ccsc1C(=O)N1CCN(C(=O)C2CC(c3ccncc3)NN2)CC1. The summed E-state index contributed by atoms with van der Waals surface area (Å²) in [6.07, 6.45) is 4.23. The zero-order valence-electron chi connectivity index (χ0n) is 15.2. The van der Waals surface area contributed by atoms with Gasteiger partial charge in [-0.1, -0.05) is 0 Å². The largest absolute Gasteiger partial charge is 0.338 e. The van der Waals surface area contributed by atoms with Gasteiger partial charge in [-0.25, -0.2) is 10.9 Å². The third kappa shape index (κ3) is 3.73. The first-order chi connectivity index (χ1) is 13.1. The maximum absolute atomic E-state index is 12.8. The quantitative estimate of drug-likeness (QED) is 0.834. The summed E-state index contributed by atoms with van der Waals surface area (Å²) in [6, 6.07) is 5.75. The lowest BCUT2D eigenvalue weighted by Gasteiger charge is -2.35. The van der Waals surface area contributed by atoms with Gasteiger partial charge in [-0.3, -0.25) is 14.6 Å². The minimum Gasteiger partial charge on any atom is -0.338 e. The number of hydrogen-bond donors (Lipinski definition) is 2. The highest BCUT2D eigenvalue weighted by atomic mass is 32.1. The first-order valence-electron chi connectivity index (χ1n) is 9.16. The molecule has 2 unspecified atom stereocenters. The van der Waals surface area contributed by atoms with Crippen molar-refractivity contribution in [3.63, 3.8) is 0 Å². The van der Waals surface area contributed by atoms with Gasteiger partial charge in [-0.05, 0) is 48.1 Å². The number of amides is 2. The Morgan fingerprint density at radius 1 is 1.07 bits per heavy atom. The van der Waals surface area contributed by atoms with Gasteiger partial charge < -0.3 is 9.80 Å². The number of pyridine rings is 1. The molecule has 2 aliphatic rings. The minimum absolute atomic E-state index is 0.0769. The highest BCUT2D eigenvalue weighted by molar-refractivity contribution is 7.12. The van der Waals surface area contributed by atoms with Crippen LogP contribution in [0.4, 0.5) is 0 Å².